The highest BCUT2D eigenvalue weighted by molar-refractivity contribution is 5.93. The van der Waals surface area contributed by atoms with Crippen LogP contribution in [0.5, 0.6) is 0 Å². The smallest absolute Gasteiger partial charge is 0.250 e. The lowest BCUT2D eigenvalue weighted by Crippen LogP contribution is -2.24. The van der Waals surface area contributed by atoms with Crippen LogP contribution >= 0.6 is 0 Å². The molecule has 0 rings (SSSR count). The lowest BCUT2D eigenvalue weighted by atomic mass is 10.1. The molecule has 0 fully saturated rings. The molecule has 0 radical (unpaired) electrons. The van der Waals surface area contributed by atoms with E-state index in [1.807, 2.05) is 27.7 Å². The molecule has 0 saturated carbocycles. The first-order valence-corrected chi connectivity index (χ1v) is 4.60. The van der Waals surface area contributed by atoms with Crippen LogP contribution in [0.25, 0.3) is 0 Å². The van der Waals surface area contributed by atoms with Crippen LogP contribution in [0.4, 0.5) is 0 Å². The van der Waals surface area contributed by atoms with E-state index >= 15 is 0 Å². The number of carbonyl (C=O) groups is 1. The Kier molecular flexibility index (Phi) is 8.45. The third kappa shape index (κ3) is 7.32. The topological polar surface area (TPSA) is 29.1 Å². The molecule has 0 bridgehead atoms. The zero-order valence-electron chi connectivity index (χ0n) is 9.40. The average Bonchev–Trinajstić information content (AvgIpc) is 2.07. The van der Waals surface area contributed by atoms with Crippen molar-refractivity contribution in [3.8, 4) is 0 Å². The Hall–Kier alpha value is -1.05. The van der Waals surface area contributed by atoms with Gasteiger partial charge in [0.15, 0.2) is 0 Å². The molecule has 2 heteroatoms. The number of amides is 1. The number of hydrogen-bond donors (Lipinski definition) is 1. The van der Waals surface area contributed by atoms with Crippen molar-refractivity contribution in [2.75, 3.05) is 0 Å². The molecule has 0 aromatic carbocycles. The van der Waals surface area contributed by atoms with E-state index in [-0.39, 0.29) is 11.8 Å². The summed E-state index contributed by atoms with van der Waals surface area (Å²) in [7, 11) is 0. The second-order valence-corrected chi connectivity index (χ2v) is 2.91. The van der Waals surface area contributed by atoms with Crippen LogP contribution < -0.4 is 5.32 Å². The molecule has 13 heavy (non-hydrogen) atoms. The SMILES string of the molecule is C=C(C)C(=O)NC(=C)C(C)C.CC. The molecule has 0 aliphatic rings. The first-order chi connectivity index (χ1) is 5.95. The molecule has 0 aromatic rings. The van der Waals surface area contributed by atoms with Gasteiger partial charge in [-0.1, -0.05) is 40.9 Å². The van der Waals surface area contributed by atoms with Crippen molar-refractivity contribution < 1.29 is 4.79 Å². The Bertz CT molecular complexity index is 192. The van der Waals surface area contributed by atoms with Gasteiger partial charge in [0.2, 0.25) is 5.91 Å². The summed E-state index contributed by atoms with van der Waals surface area (Å²) in [5.74, 6) is 0.127. The van der Waals surface area contributed by atoms with Gasteiger partial charge in [0, 0.05) is 11.3 Å². The monoisotopic (exact) mass is 183 g/mol. The standard InChI is InChI=1S/C9H15NO.C2H6/c1-6(2)8(5)10-9(11)7(3)4;1-2/h6H,3,5H2,1-2,4H3,(H,10,11);1-2H3. The third-order valence-electron chi connectivity index (χ3n) is 1.36. The Morgan fingerprint density at radius 1 is 1.23 bits per heavy atom. The van der Waals surface area contributed by atoms with E-state index in [0.29, 0.717) is 5.57 Å². The van der Waals surface area contributed by atoms with Crippen LogP contribution in [-0.2, 0) is 4.79 Å². The van der Waals surface area contributed by atoms with Gasteiger partial charge in [0.05, 0.1) is 0 Å². The third-order valence-corrected chi connectivity index (χ3v) is 1.36. The zero-order valence-corrected chi connectivity index (χ0v) is 9.40. The summed E-state index contributed by atoms with van der Waals surface area (Å²) in [5.41, 5.74) is 1.24. The largest absolute Gasteiger partial charge is 0.326 e. The second kappa shape index (κ2) is 7.59. The van der Waals surface area contributed by atoms with Gasteiger partial charge in [-0.15, -0.1) is 0 Å². The predicted octanol–water partition coefficient (Wildman–Crippen LogP) is 2.87. The highest BCUT2D eigenvalue weighted by Crippen LogP contribution is 2.02. The maximum Gasteiger partial charge on any atom is 0.250 e. The lowest BCUT2D eigenvalue weighted by Gasteiger charge is -2.10. The molecule has 0 aromatic heterocycles. The second-order valence-electron chi connectivity index (χ2n) is 2.91. The minimum atomic E-state index is -0.149. The van der Waals surface area contributed by atoms with Crippen LogP contribution in [0.3, 0.4) is 0 Å². The van der Waals surface area contributed by atoms with E-state index in [2.05, 4.69) is 18.5 Å². The summed E-state index contributed by atoms with van der Waals surface area (Å²) in [6.07, 6.45) is 0. The van der Waals surface area contributed by atoms with E-state index in [1.165, 1.54) is 0 Å². The van der Waals surface area contributed by atoms with Gasteiger partial charge in [-0.2, -0.15) is 0 Å². The number of rotatable bonds is 3. The van der Waals surface area contributed by atoms with E-state index in [4.69, 9.17) is 0 Å². The first kappa shape index (κ1) is 14.5. The van der Waals surface area contributed by atoms with Crippen molar-refractivity contribution in [3.63, 3.8) is 0 Å². The maximum atomic E-state index is 11.0. The van der Waals surface area contributed by atoms with Crippen molar-refractivity contribution in [1.29, 1.82) is 0 Å². The molecule has 1 amide bonds. The summed E-state index contributed by atoms with van der Waals surface area (Å²) < 4.78 is 0. The molecule has 2 nitrogen and oxygen atoms in total. The summed E-state index contributed by atoms with van der Waals surface area (Å²) in [6.45, 7) is 16.8. The summed E-state index contributed by atoms with van der Waals surface area (Å²) in [4.78, 5) is 11.0. The van der Waals surface area contributed by atoms with Crippen LogP contribution in [0.2, 0.25) is 0 Å². The lowest BCUT2D eigenvalue weighted by molar-refractivity contribution is -0.116. The van der Waals surface area contributed by atoms with Crippen molar-refractivity contribution in [2.45, 2.75) is 34.6 Å². The fourth-order valence-corrected chi connectivity index (χ4v) is 0.397. The highest BCUT2D eigenvalue weighted by Gasteiger charge is 2.05. The van der Waals surface area contributed by atoms with Gasteiger partial charge in [0.25, 0.3) is 0 Å². The van der Waals surface area contributed by atoms with Crippen LogP contribution in [0.15, 0.2) is 24.4 Å². The first-order valence-electron chi connectivity index (χ1n) is 4.60. The van der Waals surface area contributed by atoms with E-state index in [1.54, 1.807) is 6.92 Å². The number of nitrogens with one attached hydrogen (secondary N) is 1. The van der Waals surface area contributed by atoms with Gasteiger partial charge in [0.1, 0.15) is 0 Å². The van der Waals surface area contributed by atoms with Gasteiger partial charge in [-0.05, 0) is 12.8 Å². The van der Waals surface area contributed by atoms with E-state index < -0.39 is 0 Å². The van der Waals surface area contributed by atoms with Crippen LogP contribution in [-0.4, -0.2) is 5.91 Å². The fourth-order valence-electron chi connectivity index (χ4n) is 0.397. The number of carbonyl (C=O) groups excluding carboxylic acids is 1. The van der Waals surface area contributed by atoms with Crippen LogP contribution in [0.1, 0.15) is 34.6 Å². The van der Waals surface area contributed by atoms with Crippen molar-refractivity contribution in [1.82, 2.24) is 5.32 Å². The molecule has 76 valence electrons. The minimum absolute atomic E-state index is 0.149. The van der Waals surface area contributed by atoms with Crippen molar-refractivity contribution >= 4 is 5.91 Å². The molecule has 0 heterocycles. The maximum absolute atomic E-state index is 11.0. The molecule has 0 atom stereocenters. The summed E-state index contributed by atoms with van der Waals surface area (Å²) >= 11 is 0. The Morgan fingerprint density at radius 3 is 1.85 bits per heavy atom. The quantitative estimate of drug-likeness (QED) is 0.670. The Balaban J connectivity index is 0. The zero-order chi connectivity index (χ0) is 11.0. The number of allylic oxidation sites excluding steroid dienone is 1. The molecule has 0 aliphatic carbocycles. The van der Waals surface area contributed by atoms with Gasteiger partial charge >= 0.3 is 0 Å². The van der Waals surface area contributed by atoms with Crippen LogP contribution in [0, 0.1) is 5.92 Å². The fraction of sp³-hybridized carbons (Fsp3) is 0.545. The molecule has 0 unspecified atom stereocenters. The molecule has 0 spiro atoms. The average molecular weight is 183 g/mol. The molecule has 1 N–H and O–H groups in total. The van der Waals surface area contributed by atoms with E-state index in [0.717, 1.165) is 5.70 Å². The normalized spacial score (nSPS) is 8.46. The van der Waals surface area contributed by atoms with Gasteiger partial charge in [-0.3, -0.25) is 4.79 Å². The van der Waals surface area contributed by atoms with Crippen molar-refractivity contribution in [3.05, 3.63) is 24.4 Å². The van der Waals surface area contributed by atoms with Gasteiger partial charge < -0.3 is 5.32 Å². The minimum Gasteiger partial charge on any atom is -0.326 e. The Labute approximate surface area is 81.7 Å². The summed E-state index contributed by atoms with van der Waals surface area (Å²) in [6, 6.07) is 0. The molecule has 0 saturated heterocycles. The highest BCUT2D eigenvalue weighted by atomic mass is 16.1. The summed E-state index contributed by atoms with van der Waals surface area (Å²) in [5, 5.41) is 2.65. The predicted molar refractivity (Wildman–Crippen MR) is 58.3 cm³/mol. The molecular formula is C11H21NO. The molecular weight excluding hydrogens is 162 g/mol. The van der Waals surface area contributed by atoms with Gasteiger partial charge in [-0.25, -0.2) is 0 Å². The van der Waals surface area contributed by atoms with Crippen molar-refractivity contribution in [2.24, 2.45) is 5.92 Å². The number of hydrogen-bond acceptors (Lipinski definition) is 1. The molecule has 0 aliphatic heterocycles. The Morgan fingerprint density at radius 2 is 1.62 bits per heavy atom. The van der Waals surface area contributed by atoms with E-state index in [9.17, 15) is 4.79 Å².